The highest BCUT2D eigenvalue weighted by molar-refractivity contribution is 7.10. The van der Waals surface area contributed by atoms with E-state index in [9.17, 15) is 32.7 Å². The summed E-state index contributed by atoms with van der Waals surface area (Å²) in [5.41, 5.74) is -4.07. The molecular weight excluding hydrogens is 675 g/mol. The van der Waals surface area contributed by atoms with Gasteiger partial charge in [-0.2, -0.15) is 13.2 Å². The molecule has 2 atom stereocenters. The number of aliphatic carboxylic acids is 1. The highest BCUT2D eigenvalue weighted by atomic mass is 32.1. The standard InChI is InChI=1S/C36H42F3N3O7S/c1-3-8-30-35(49-25-21-24(2)50-23-25,13-7-17-42(30)32(45)26-22-40-16-12-27(26)36(37,38)39)33(46)41-18-14-34(47,15-19-41)28-9-4-5-10-29(28)48-20-6-11-31(43)44/h4-5,9-10,12,16,21-23,30,47H,3,6-8,11,13-15,17-20H2,1-2H3,(H,43,44)/t30-,35+/m1/s1. The zero-order valence-electron chi connectivity index (χ0n) is 28.1. The molecule has 3 aromatic rings. The number of para-hydroxylation sites is 1. The first kappa shape index (κ1) is 37.1. The molecule has 2 aromatic heterocycles. The summed E-state index contributed by atoms with van der Waals surface area (Å²) in [6, 6.07) is 8.70. The zero-order chi connectivity index (χ0) is 36.1. The fraction of sp³-hybridized carbons (Fsp3) is 0.500. The van der Waals surface area contributed by atoms with Crippen LogP contribution < -0.4 is 9.47 Å². The van der Waals surface area contributed by atoms with Gasteiger partial charge in [0.05, 0.1) is 29.4 Å². The third kappa shape index (κ3) is 7.91. The number of carbonyl (C=O) groups is 3. The van der Waals surface area contributed by atoms with Crippen molar-refractivity contribution in [3.63, 3.8) is 0 Å². The van der Waals surface area contributed by atoms with Crippen molar-refractivity contribution in [3.05, 3.63) is 75.7 Å². The third-order valence-corrected chi connectivity index (χ3v) is 10.3. The Morgan fingerprint density at radius 3 is 2.50 bits per heavy atom. The number of carboxylic acids is 1. The molecule has 0 aliphatic carbocycles. The van der Waals surface area contributed by atoms with Gasteiger partial charge in [-0.15, -0.1) is 11.3 Å². The van der Waals surface area contributed by atoms with E-state index in [0.717, 1.165) is 23.3 Å². The second-order valence-corrected chi connectivity index (χ2v) is 14.0. The van der Waals surface area contributed by atoms with Crippen LogP contribution in [0.3, 0.4) is 0 Å². The second kappa shape index (κ2) is 15.4. The second-order valence-electron chi connectivity index (χ2n) is 12.9. The number of halogens is 3. The van der Waals surface area contributed by atoms with Crippen molar-refractivity contribution in [2.45, 2.75) is 88.6 Å². The molecule has 0 unspecified atom stereocenters. The zero-order valence-corrected chi connectivity index (χ0v) is 28.9. The van der Waals surface area contributed by atoms with Crippen molar-refractivity contribution in [3.8, 4) is 11.5 Å². The molecule has 2 saturated heterocycles. The minimum Gasteiger partial charge on any atom is -0.493 e. The first-order valence-corrected chi connectivity index (χ1v) is 17.7. The van der Waals surface area contributed by atoms with Crippen molar-refractivity contribution in [1.82, 2.24) is 14.8 Å². The lowest BCUT2D eigenvalue weighted by atomic mass is 9.78. The molecule has 0 saturated carbocycles. The summed E-state index contributed by atoms with van der Waals surface area (Å²) >= 11 is 1.43. The fourth-order valence-corrected chi connectivity index (χ4v) is 7.66. The van der Waals surface area contributed by atoms with Crippen LogP contribution in [0.25, 0.3) is 0 Å². The average Bonchev–Trinajstić information content (AvgIpc) is 3.50. The number of hydrogen-bond donors (Lipinski definition) is 2. The van der Waals surface area contributed by atoms with E-state index in [2.05, 4.69) is 4.98 Å². The number of benzene rings is 1. The van der Waals surface area contributed by atoms with Crippen molar-refractivity contribution >= 4 is 29.1 Å². The molecule has 0 spiro atoms. The van der Waals surface area contributed by atoms with Crippen LogP contribution in [-0.4, -0.2) is 80.7 Å². The summed E-state index contributed by atoms with van der Waals surface area (Å²) in [6.45, 7) is 4.36. The Morgan fingerprint density at radius 1 is 1.10 bits per heavy atom. The van der Waals surface area contributed by atoms with E-state index in [1.807, 2.05) is 13.8 Å². The average molecular weight is 718 g/mol. The fourth-order valence-electron chi connectivity index (χ4n) is 7.05. The molecule has 1 aromatic carbocycles. The van der Waals surface area contributed by atoms with Crippen LogP contribution in [0.4, 0.5) is 13.2 Å². The minimum absolute atomic E-state index is 0.0495. The number of likely N-dealkylation sites (tertiary alicyclic amines) is 2. The number of aliphatic hydroxyl groups is 1. The number of thiophene rings is 1. The molecule has 2 N–H and O–H groups in total. The van der Waals surface area contributed by atoms with Crippen LogP contribution >= 0.6 is 11.3 Å². The van der Waals surface area contributed by atoms with Gasteiger partial charge in [-0.3, -0.25) is 19.4 Å². The minimum atomic E-state index is -4.78. The number of amides is 2. The smallest absolute Gasteiger partial charge is 0.417 e. The van der Waals surface area contributed by atoms with Gasteiger partial charge in [0.25, 0.3) is 11.8 Å². The number of rotatable bonds is 12. The number of pyridine rings is 1. The summed E-state index contributed by atoms with van der Waals surface area (Å²) in [7, 11) is 0. The molecule has 0 radical (unpaired) electrons. The van der Waals surface area contributed by atoms with Crippen LogP contribution in [0.15, 0.2) is 54.2 Å². The summed E-state index contributed by atoms with van der Waals surface area (Å²) in [6.07, 6.45) is -0.918. The number of aryl methyl sites for hydroxylation is 1. The van der Waals surface area contributed by atoms with E-state index < -0.39 is 46.4 Å². The maximum Gasteiger partial charge on any atom is 0.417 e. The van der Waals surface area contributed by atoms with Crippen LogP contribution in [0.2, 0.25) is 0 Å². The van der Waals surface area contributed by atoms with Crippen LogP contribution in [0.5, 0.6) is 11.5 Å². The molecule has 50 heavy (non-hydrogen) atoms. The van der Waals surface area contributed by atoms with E-state index in [0.29, 0.717) is 42.7 Å². The molecule has 14 heteroatoms. The quantitative estimate of drug-likeness (QED) is 0.205. The predicted molar refractivity (Wildman–Crippen MR) is 179 cm³/mol. The number of aromatic nitrogens is 1. The maximum absolute atomic E-state index is 14.9. The molecule has 2 fully saturated rings. The predicted octanol–water partition coefficient (Wildman–Crippen LogP) is 6.45. The number of hydrogen-bond acceptors (Lipinski definition) is 8. The van der Waals surface area contributed by atoms with Crippen molar-refractivity contribution in [2.24, 2.45) is 0 Å². The van der Waals surface area contributed by atoms with Gasteiger partial charge in [-0.05, 0) is 57.2 Å². The first-order chi connectivity index (χ1) is 23.8. The normalized spacial score (nSPS) is 20.7. The van der Waals surface area contributed by atoms with Gasteiger partial charge in [0.1, 0.15) is 11.5 Å². The lowest BCUT2D eigenvalue weighted by Crippen LogP contribution is -2.68. The molecule has 5 rings (SSSR count). The van der Waals surface area contributed by atoms with Gasteiger partial charge in [-0.25, -0.2) is 0 Å². The molecule has 10 nitrogen and oxygen atoms in total. The Morgan fingerprint density at radius 2 is 1.84 bits per heavy atom. The highest BCUT2D eigenvalue weighted by Crippen LogP contribution is 2.43. The van der Waals surface area contributed by atoms with Crippen molar-refractivity contribution in [1.29, 1.82) is 0 Å². The van der Waals surface area contributed by atoms with E-state index in [1.165, 1.54) is 16.2 Å². The number of carbonyl (C=O) groups excluding carboxylic acids is 2. The summed E-state index contributed by atoms with van der Waals surface area (Å²) < 4.78 is 54.6. The number of alkyl halides is 3. The van der Waals surface area contributed by atoms with E-state index in [1.54, 1.807) is 40.6 Å². The van der Waals surface area contributed by atoms with Crippen LogP contribution in [-0.2, 0) is 21.4 Å². The third-order valence-electron chi connectivity index (χ3n) is 9.47. The molecule has 270 valence electrons. The van der Waals surface area contributed by atoms with Crippen molar-refractivity contribution in [2.75, 3.05) is 26.2 Å². The maximum atomic E-state index is 14.9. The Bertz CT molecular complexity index is 1670. The van der Waals surface area contributed by atoms with Gasteiger partial charge >= 0.3 is 12.1 Å². The monoisotopic (exact) mass is 717 g/mol. The lowest BCUT2D eigenvalue weighted by molar-refractivity contribution is -0.163. The number of carboxylic acid groups (broad SMARTS) is 1. The largest absolute Gasteiger partial charge is 0.493 e. The Hall–Kier alpha value is -4.17. The number of ether oxygens (including phenoxy) is 2. The molecule has 2 aliphatic heterocycles. The summed E-state index contributed by atoms with van der Waals surface area (Å²) in [4.78, 5) is 47.6. The lowest BCUT2D eigenvalue weighted by Gasteiger charge is -2.51. The Balaban J connectivity index is 1.44. The number of piperidine rings is 2. The molecule has 0 bridgehead atoms. The van der Waals surface area contributed by atoms with Gasteiger partial charge < -0.3 is 29.5 Å². The molecule has 2 aliphatic rings. The number of nitrogens with zero attached hydrogens (tertiary/aromatic N) is 3. The Kier molecular flexibility index (Phi) is 11.4. The van der Waals surface area contributed by atoms with Gasteiger partial charge in [0, 0.05) is 60.7 Å². The summed E-state index contributed by atoms with van der Waals surface area (Å²) in [5, 5.41) is 22.6. The van der Waals surface area contributed by atoms with Crippen LogP contribution in [0.1, 0.15) is 84.7 Å². The van der Waals surface area contributed by atoms with Crippen molar-refractivity contribution < 1.29 is 47.2 Å². The van der Waals surface area contributed by atoms with E-state index >= 15 is 0 Å². The SMILES string of the molecule is CCC[C@H]1N(C(=O)c2cnccc2C(F)(F)F)CCC[C@@]1(Oc1csc(C)c1)C(=O)N1CCC(O)(c2ccccc2OCCCC(=O)O)CC1. The molecule has 4 heterocycles. The van der Waals surface area contributed by atoms with Gasteiger partial charge in [0.15, 0.2) is 0 Å². The van der Waals surface area contributed by atoms with Gasteiger partial charge in [-0.1, -0.05) is 31.5 Å². The first-order valence-electron chi connectivity index (χ1n) is 16.8. The van der Waals surface area contributed by atoms with E-state index in [4.69, 9.17) is 14.6 Å². The molecule has 2 amide bonds. The van der Waals surface area contributed by atoms with E-state index in [-0.39, 0.29) is 57.8 Å². The van der Waals surface area contributed by atoms with Gasteiger partial charge in [0.2, 0.25) is 5.60 Å². The Labute approximate surface area is 292 Å². The highest BCUT2D eigenvalue weighted by Gasteiger charge is 2.56. The summed E-state index contributed by atoms with van der Waals surface area (Å²) in [5.74, 6) is -1.30. The van der Waals surface area contributed by atoms with Crippen LogP contribution in [0, 0.1) is 6.92 Å². The molecular formula is C36H42F3N3O7S. The topological polar surface area (TPSA) is 130 Å².